The maximum atomic E-state index is 6.25. The molecule has 3 aliphatic rings. The van der Waals surface area contributed by atoms with Gasteiger partial charge in [0.1, 0.15) is 22.3 Å². The van der Waals surface area contributed by atoms with Crippen LogP contribution < -0.4 is 0 Å². The van der Waals surface area contributed by atoms with E-state index in [1.807, 2.05) is 12.1 Å². The van der Waals surface area contributed by atoms with Crippen molar-refractivity contribution in [1.82, 2.24) is 0 Å². The molecule has 0 bridgehead atoms. The quantitative estimate of drug-likeness (QED) is 0.177. The van der Waals surface area contributed by atoms with Crippen molar-refractivity contribution in [3.63, 3.8) is 0 Å². The number of fused-ring (bicyclic) bond motifs is 11. The van der Waals surface area contributed by atoms with Crippen molar-refractivity contribution < 1.29 is 8.83 Å². The van der Waals surface area contributed by atoms with Gasteiger partial charge in [0.25, 0.3) is 0 Å². The minimum atomic E-state index is -0.255. The zero-order valence-electron chi connectivity index (χ0n) is 35.3. The summed E-state index contributed by atoms with van der Waals surface area (Å²) in [6.07, 6.45) is 0. The average Bonchev–Trinajstić information content (AvgIpc) is 4.01. The second-order valence-corrected chi connectivity index (χ2v) is 18.7. The topological polar surface area (TPSA) is 26.3 Å². The van der Waals surface area contributed by atoms with E-state index in [1.165, 1.54) is 77.9 Å². The standard InChI is InChI=1S/C60H44O2/c1-59(2)47-33-39(37-25-29-51-45(31-37)41-19-11-13-21-49(41)61-51)23-27-43(47)55-56-44-28-24-40(38-26-30-52-46(32-38)42-20-12-14-22-50(42)62-52)34-48(44)60(3,4)58(56)54(36-17-9-6-10-18-36)53(57(55)59)35-15-7-5-8-16-35/h5-34,53-54H,1-4H3. The van der Waals surface area contributed by atoms with Gasteiger partial charge >= 0.3 is 0 Å². The molecule has 62 heavy (non-hydrogen) atoms. The largest absolute Gasteiger partial charge is 0.456 e. The molecule has 0 N–H and O–H groups in total. The minimum absolute atomic E-state index is 0.136. The molecule has 2 aromatic heterocycles. The first kappa shape index (κ1) is 35.6. The molecule has 13 rings (SSSR count). The molecule has 296 valence electrons. The van der Waals surface area contributed by atoms with Gasteiger partial charge in [0.05, 0.1) is 0 Å². The van der Waals surface area contributed by atoms with Crippen LogP contribution in [0.4, 0.5) is 0 Å². The Hall–Kier alpha value is -7.16. The average molecular weight is 797 g/mol. The molecule has 0 aliphatic heterocycles. The number of hydrogen-bond donors (Lipinski definition) is 0. The third-order valence-corrected chi connectivity index (χ3v) is 14.8. The van der Waals surface area contributed by atoms with Crippen molar-refractivity contribution in [2.45, 2.75) is 50.4 Å². The molecular weight excluding hydrogens is 753 g/mol. The van der Waals surface area contributed by atoms with Gasteiger partial charge in [0.15, 0.2) is 0 Å². The Labute approximate surface area is 361 Å². The van der Waals surface area contributed by atoms with Gasteiger partial charge in [-0.3, -0.25) is 0 Å². The molecule has 0 amide bonds. The van der Waals surface area contributed by atoms with Crippen molar-refractivity contribution in [3.8, 4) is 22.3 Å². The summed E-state index contributed by atoms with van der Waals surface area (Å²) in [4.78, 5) is 0. The van der Waals surface area contributed by atoms with Crippen molar-refractivity contribution in [3.05, 3.63) is 227 Å². The van der Waals surface area contributed by atoms with Gasteiger partial charge in [-0.15, -0.1) is 0 Å². The Morgan fingerprint density at radius 1 is 0.339 bits per heavy atom. The van der Waals surface area contributed by atoms with Crippen LogP contribution in [0.2, 0.25) is 0 Å². The Balaban J connectivity index is 1.03. The van der Waals surface area contributed by atoms with Gasteiger partial charge in [-0.25, -0.2) is 0 Å². The molecule has 2 nitrogen and oxygen atoms in total. The number of rotatable bonds is 4. The lowest BCUT2D eigenvalue weighted by Gasteiger charge is -2.44. The van der Waals surface area contributed by atoms with Crippen LogP contribution in [0.5, 0.6) is 0 Å². The molecule has 3 aliphatic carbocycles. The Bertz CT molecular complexity index is 3330. The lowest BCUT2D eigenvalue weighted by Crippen LogP contribution is -2.32. The fourth-order valence-electron chi connectivity index (χ4n) is 11.9. The number of furan rings is 2. The zero-order valence-corrected chi connectivity index (χ0v) is 35.3. The Morgan fingerprint density at radius 2 is 0.694 bits per heavy atom. The fourth-order valence-corrected chi connectivity index (χ4v) is 11.9. The number of benzene rings is 8. The van der Waals surface area contributed by atoms with Crippen LogP contribution in [-0.2, 0) is 10.8 Å². The molecule has 2 heteroatoms. The predicted octanol–water partition coefficient (Wildman–Crippen LogP) is 16.2. The molecule has 2 heterocycles. The van der Waals surface area contributed by atoms with E-state index in [1.54, 1.807) is 0 Å². The summed E-state index contributed by atoms with van der Waals surface area (Å²) in [5, 5.41) is 4.62. The maximum absolute atomic E-state index is 6.25. The van der Waals surface area contributed by atoms with Gasteiger partial charge in [-0.2, -0.15) is 0 Å². The highest BCUT2D eigenvalue weighted by Gasteiger charge is 2.55. The third kappa shape index (κ3) is 4.87. The summed E-state index contributed by atoms with van der Waals surface area (Å²) in [7, 11) is 0. The molecule has 8 aromatic carbocycles. The lowest BCUT2D eigenvalue weighted by atomic mass is 9.59. The van der Waals surface area contributed by atoms with Gasteiger partial charge in [0.2, 0.25) is 0 Å². The fraction of sp³-hybridized carbons (Fsp3) is 0.133. The third-order valence-electron chi connectivity index (χ3n) is 14.8. The van der Waals surface area contributed by atoms with Crippen molar-refractivity contribution in [2.24, 2.45) is 0 Å². The van der Waals surface area contributed by atoms with Crippen molar-refractivity contribution in [1.29, 1.82) is 0 Å². The van der Waals surface area contributed by atoms with E-state index in [-0.39, 0.29) is 22.7 Å². The van der Waals surface area contributed by atoms with Crippen LogP contribution in [0.1, 0.15) is 72.9 Å². The van der Waals surface area contributed by atoms with E-state index in [2.05, 4.69) is 198 Å². The highest BCUT2D eigenvalue weighted by Crippen LogP contribution is 2.69. The monoisotopic (exact) mass is 796 g/mol. The molecule has 0 spiro atoms. The van der Waals surface area contributed by atoms with Gasteiger partial charge in [-0.05, 0) is 126 Å². The first-order chi connectivity index (χ1) is 30.3. The molecule has 0 fully saturated rings. The number of allylic oxidation sites excluding steroid dienone is 4. The van der Waals surface area contributed by atoms with Gasteiger partial charge in [-0.1, -0.05) is 161 Å². The normalized spacial score (nSPS) is 18.5. The van der Waals surface area contributed by atoms with E-state index >= 15 is 0 Å². The lowest BCUT2D eigenvalue weighted by molar-refractivity contribution is 0.494. The first-order valence-electron chi connectivity index (χ1n) is 22.0. The molecular formula is C60H44O2. The summed E-state index contributed by atoms with van der Waals surface area (Å²) in [5.41, 5.74) is 22.2. The Kier molecular flexibility index (Phi) is 7.28. The SMILES string of the molecule is CC1(C)C2=C(C3=C(C(c4ccccc4)C2c2ccccc2)C(C)(C)c2cc(-c4ccc5oc6ccccc6c5c4)ccc23)c2ccc(-c3ccc4oc5ccccc5c4c3)cc21. The van der Waals surface area contributed by atoms with E-state index < -0.39 is 0 Å². The van der Waals surface area contributed by atoms with Gasteiger partial charge in [0, 0.05) is 44.2 Å². The van der Waals surface area contributed by atoms with Crippen LogP contribution in [0.3, 0.4) is 0 Å². The zero-order chi connectivity index (χ0) is 41.5. The second-order valence-electron chi connectivity index (χ2n) is 18.7. The van der Waals surface area contributed by atoms with Crippen LogP contribution >= 0.6 is 0 Å². The molecule has 0 saturated heterocycles. The van der Waals surface area contributed by atoms with Gasteiger partial charge < -0.3 is 8.83 Å². The molecule has 10 aromatic rings. The van der Waals surface area contributed by atoms with Crippen LogP contribution in [0, 0.1) is 0 Å². The maximum Gasteiger partial charge on any atom is 0.135 e. The van der Waals surface area contributed by atoms with Crippen LogP contribution in [0.15, 0.2) is 202 Å². The summed E-state index contributed by atoms with van der Waals surface area (Å²) in [6.45, 7) is 9.92. The molecule has 0 saturated carbocycles. The summed E-state index contributed by atoms with van der Waals surface area (Å²) >= 11 is 0. The highest BCUT2D eigenvalue weighted by molar-refractivity contribution is 6.16. The minimum Gasteiger partial charge on any atom is -0.456 e. The number of para-hydroxylation sites is 2. The Morgan fingerprint density at radius 3 is 1.13 bits per heavy atom. The predicted molar refractivity (Wildman–Crippen MR) is 257 cm³/mol. The summed E-state index contributed by atoms with van der Waals surface area (Å²) < 4.78 is 12.5. The van der Waals surface area contributed by atoms with Crippen molar-refractivity contribution in [2.75, 3.05) is 0 Å². The van der Waals surface area contributed by atoms with E-state index in [4.69, 9.17) is 8.83 Å². The van der Waals surface area contributed by atoms with E-state index in [9.17, 15) is 0 Å². The molecule has 2 atom stereocenters. The summed E-state index contributed by atoms with van der Waals surface area (Å²) in [6, 6.07) is 67.4. The van der Waals surface area contributed by atoms with E-state index in [0.29, 0.717) is 0 Å². The smallest absolute Gasteiger partial charge is 0.135 e. The van der Waals surface area contributed by atoms with E-state index in [0.717, 1.165) is 43.9 Å². The second kappa shape index (κ2) is 12.7. The van der Waals surface area contributed by atoms with Crippen LogP contribution in [0.25, 0.3) is 77.3 Å². The number of hydrogen-bond acceptors (Lipinski definition) is 2. The molecule has 2 unspecified atom stereocenters. The summed E-state index contributed by atoms with van der Waals surface area (Å²) in [5.74, 6) is 0.272. The molecule has 0 radical (unpaired) electrons. The highest BCUT2D eigenvalue weighted by atomic mass is 16.3. The van der Waals surface area contributed by atoms with Crippen LogP contribution in [-0.4, -0.2) is 0 Å². The first-order valence-corrected chi connectivity index (χ1v) is 22.0. The van der Waals surface area contributed by atoms with Crippen molar-refractivity contribution >= 4 is 55.0 Å².